The van der Waals surface area contributed by atoms with Crippen molar-refractivity contribution in [2.75, 3.05) is 26.7 Å². The van der Waals surface area contributed by atoms with Gasteiger partial charge in [0.15, 0.2) is 5.96 Å². The van der Waals surface area contributed by atoms with Crippen molar-refractivity contribution in [2.45, 2.75) is 26.2 Å². The summed E-state index contributed by atoms with van der Waals surface area (Å²) in [5.41, 5.74) is 0. The van der Waals surface area contributed by atoms with Gasteiger partial charge in [-0.2, -0.15) is 0 Å². The SMILES string of the molecule is CCCCCNC(=NC)NCCOc1cccc(F)c1.I. The fraction of sp³-hybridized carbons (Fsp3) is 0.533. The highest BCUT2D eigenvalue weighted by Gasteiger charge is 1.98. The number of nitrogens with zero attached hydrogens (tertiary/aromatic N) is 1. The molecular weight excluding hydrogens is 384 g/mol. The maximum atomic E-state index is 12.9. The van der Waals surface area contributed by atoms with E-state index < -0.39 is 0 Å². The van der Waals surface area contributed by atoms with E-state index in [0.29, 0.717) is 18.9 Å². The summed E-state index contributed by atoms with van der Waals surface area (Å²) in [6.07, 6.45) is 3.55. The molecule has 0 spiro atoms. The van der Waals surface area contributed by atoms with Gasteiger partial charge in [0.1, 0.15) is 18.2 Å². The van der Waals surface area contributed by atoms with Gasteiger partial charge in [-0.3, -0.25) is 4.99 Å². The van der Waals surface area contributed by atoms with E-state index >= 15 is 0 Å². The van der Waals surface area contributed by atoms with Gasteiger partial charge in [0.25, 0.3) is 0 Å². The Balaban J connectivity index is 0.00000400. The van der Waals surface area contributed by atoms with E-state index in [1.165, 1.54) is 25.0 Å². The lowest BCUT2D eigenvalue weighted by molar-refractivity contribution is 0.320. The van der Waals surface area contributed by atoms with Gasteiger partial charge < -0.3 is 15.4 Å². The van der Waals surface area contributed by atoms with Crippen molar-refractivity contribution in [1.29, 1.82) is 0 Å². The summed E-state index contributed by atoms with van der Waals surface area (Å²) in [7, 11) is 1.74. The van der Waals surface area contributed by atoms with Gasteiger partial charge in [0, 0.05) is 19.7 Å². The molecule has 0 unspecified atom stereocenters. The van der Waals surface area contributed by atoms with Crippen LogP contribution >= 0.6 is 24.0 Å². The zero-order chi connectivity index (χ0) is 14.6. The Morgan fingerprint density at radius 3 is 2.67 bits per heavy atom. The fourth-order valence-corrected chi connectivity index (χ4v) is 1.70. The van der Waals surface area contributed by atoms with E-state index in [4.69, 9.17) is 4.74 Å². The van der Waals surface area contributed by atoms with Crippen molar-refractivity contribution in [2.24, 2.45) is 4.99 Å². The number of guanidine groups is 1. The molecule has 0 aliphatic heterocycles. The molecule has 0 saturated carbocycles. The van der Waals surface area contributed by atoms with Crippen LogP contribution in [0.25, 0.3) is 0 Å². The number of benzene rings is 1. The molecule has 0 amide bonds. The summed E-state index contributed by atoms with van der Waals surface area (Å²) < 4.78 is 18.4. The van der Waals surface area contributed by atoms with Crippen molar-refractivity contribution in [3.63, 3.8) is 0 Å². The first-order valence-corrected chi connectivity index (χ1v) is 7.09. The van der Waals surface area contributed by atoms with E-state index in [0.717, 1.165) is 18.9 Å². The summed E-state index contributed by atoms with van der Waals surface area (Å²) in [5.74, 6) is 1.02. The molecule has 0 bridgehead atoms. The van der Waals surface area contributed by atoms with Crippen molar-refractivity contribution in [3.05, 3.63) is 30.1 Å². The number of unbranched alkanes of at least 4 members (excludes halogenated alkanes) is 2. The molecule has 0 heterocycles. The average molecular weight is 409 g/mol. The second-order valence-corrected chi connectivity index (χ2v) is 4.44. The van der Waals surface area contributed by atoms with Crippen LogP contribution in [-0.4, -0.2) is 32.7 Å². The van der Waals surface area contributed by atoms with Gasteiger partial charge in [-0.15, -0.1) is 24.0 Å². The van der Waals surface area contributed by atoms with Crippen LogP contribution in [0.5, 0.6) is 5.75 Å². The molecule has 1 aromatic rings. The van der Waals surface area contributed by atoms with Crippen molar-refractivity contribution in [1.82, 2.24) is 10.6 Å². The molecule has 0 aromatic heterocycles. The second kappa shape index (κ2) is 12.7. The molecule has 1 aromatic carbocycles. The number of rotatable bonds is 8. The number of nitrogens with one attached hydrogen (secondary N) is 2. The van der Waals surface area contributed by atoms with Crippen LogP contribution in [0.15, 0.2) is 29.3 Å². The van der Waals surface area contributed by atoms with E-state index in [9.17, 15) is 4.39 Å². The first kappa shape index (κ1) is 19.9. The zero-order valence-electron chi connectivity index (χ0n) is 12.7. The number of halogens is 2. The predicted molar refractivity (Wildman–Crippen MR) is 96.2 cm³/mol. The Kier molecular flexibility index (Phi) is 12.0. The molecule has 2 N–H and O–H groups in total. The predicted octanol–water partition coefficient (Wildman–Crippen LogP) is 3.18. The Morgan fingerprint density at radius 1 is 1.24 bits per heavy atom. The first-order valence-electron chi connectivity index (χ1n) is 7.09. The summed E-state index contributed by atoms with van der Waals surface area (Å²) >= 11 is 0. The lowest BCUT2D eigenvalue weighted by Crippen LogP contribution is -2.39. The van der Waals surface area contributed by atoms with E-state index in [-0.39, 0.29) is 29.8 Å². The van der Waals surface area contributed by atoms with Gasteiger partial charge in [-0.1, -0.05) is 25.8 Å². The molecule has 4 nitrogen and oxygen atoms in total. The standard InChI is InChI=1S/C15H24FN3O.HI/c1-3-4-5-9-18-15(17-2)19-10-11-20-14-8-6-7-13(16)12-14;/h6-8,12H,3-5,9-11H2,1-2H3,(H2,17,18,19);1H. The molecule has 120 valence electrons. The Hall–Kier alpha value is -1.05. The largest absolute Gasteiger partial charge is 0.492 e. The number of ether oxygens (including phenoxy) is 1. The third kappa shape index (κ3) is 9.49. The van der Waals surface area contributed by atoms with Crippen LogP contribution in [0, 0.1) is 5.82 Å². The van der Waals surface area contributed by atoms with Crippen LogP contribution < -0.4 is 15.4 Å². The van der Waals surface area contributed by atoms with E-state index in [1.807, 2.05) is 0 Å². The topological polar surface area (TPSA) is 45.7 Å². The minimum atomic E-state index is -0.288. The quantitative estimate of drug-likeness (QED) is 0.300. The van der Waals surface area contributed by atoms with Gasteiger partial charge in [-0.05, 0) is 18.6 Å². The third-order valence-electron chi connectivity index (χ3n) is 2.76. The van der Waals surface area contributed by atoms with Gasteiger partial charge in [-0.25, -0.2) is 4.39 Å². The molecule has 0 fully saturated rings. The zero-order valence-corrected chi connectivity index (χ0v) is 15.0. The van der Waals surface area contributed by atoms with Gasteiger partial charge in [0.05, 0.1) is 6.54 Å². The highest BCUT2D eigenvalue weighted by atomic mass is 127. The first-order chi connectivity index (χ1) is 9.76. The molecule has 0 atom stereocenters. The smallest absolute Gasteiger partial charge is 0.191 e. The number of hydrogen-bond donors (Lipinski definition) is 2. The molecule has 0 radical (unpaired) electrons. The van der Waals surface area contributed by atoms with E-state index in [1.54, 1.807) is 19.2 Å². The van der Waals surface area contributed by atoms with E-state index in [2.05, 4.69) is 22.5 Å². The molecular formula is C15H25FIN3O. The van der Waals surface area contributed by atoms with Crippen LogP contribution in [0.3, 0.4) is 0 Å². The van der Waals surface area contributed by atoms with Crippen molar-refractivity contribution >= 4 is 29.9 Å². The maximum Gasteiger partial charge on any atom is 0.191 e. The molecule has 0 saturated heterocycles. The molecule has 1 rings (SSSR count). The molecule has 21 heavy (non-hydrogen) atoms. The highest BCUT2D eigenvalue weighted by molar-refractivity contribution is 14.0. The molecule has 6 heteroatoms. The van der Waals surface area contributed by atoms with Crippen molar-refractivity contribution in [3.8, 4) is 5.75 Å². The normalized spacial score (nSPS) is 10.7. The van der Waals surface area contributed by atoms with Crippen LogP contribution in [0.2, 0.25) is 0 Å². The summed E-state index contributed by atoms with van der Waals surface area (Å²) in [6.45, 7) is 4.16. The lowest BCUT2D eigenvalue weighted by Gasteiger charge is -2.12. The minimum absolute atomic E-state index is 0. The van der Waals surface area contributed by atoms with Gasteiger partial charge in [0.2, 0.25) is 0 Å². The van der Waals surface area contributed by atoms with Crippen molar-refractivity contribution < 1.29 is 9.13 Å². The number of aliphatic imine (C=N–C) groups is 1. The maximum absolute atomic E-state index is 12.9. The molecule has 0 aliphatic rings. The lowest BCUT2D eigenvalue weighted by atomic mass is 10.2. The van der Waals surface area contributed by atoms with Crippen LogP contribution in [0.4, 0.5) is 4.39 Å². The Bertz CT molecular complexity index is 416. The molecule has 0 aliphatic carbocycles. The van der Waals surface area contributed by atoms with Crippen LogP contribution in [-0.2, 0) is 0 Å². The number of hydrogen-bond acceptors (Lipinski definition) is 2. The highest BCUT2D eigenvalue weighted by Crippen LogP contribution is 2.11. The summed E-state index contributed by atoms with van der Waals surface area (Å²) in [6, 6.07) is 6.14. The summed E-state index contributed by atoms with van der Waals surface area (Å²) in [4.78, 5) is 4.12. The van der Waals surface area contributed by atoms with Gasteiger partial charge >= 0.3 is 0 Å². The minimum Gasteiger partial charge on any atom is -0.492 e. The Labute approximate surface area is 143 Å². The Morgan fingerprint density at radius 2 is 2.00 bits per heavy atom. The monoisotopic (exact) mass is 409 g/mol. The third-order valence-corrected chi connectivity index (χ3v) is 2.76. The summed E-state index contributed by atoms with van der Waals surface area (Å²) in [5, 5.41) is 6.39. The fourth-order valence-electron chi connectivity index (χ4n) is 1.70. The second-order valence-electron chi connectivity index (χ2n) is 4.44. The average Bonchev–Trinajstić information content (AvgIpc) is 2.46. The van der Waals surface area contributed by atoms with Crippen LogP contribution in [0.1, 0.15) is 26.2 Å².